The van der Waals surface area contributed by atoms with Crippen molar-refractivity contribution in [2.45, 2.75) is 122 Å². The number of para-hydroxylation sites is 1. The fourth-order valence-corrected chi connectivity index (χ4v) is 3.96. The molecule has 0 spiro atoms. The van der Waals surface area contributed by atoms with Crippen LogP contribution in [0.15, 0.2) is 24.3 Å². The van der Waals surface area contributed by atoms with Gasteiger partial charge in [0.05, 0.1) is 0 Å². The second kappa shape index (κ2) is 19.5. The van der Waals surface area contributed by atoms with E-state index in [1.165, 1.54) is 96.3 Å². The zero-order valence-electron chi connectivity index (χ0n) is 19.6. The number of phenolic OH excluding ortho intramolecular Hbond substituents is 1. The summed E-state index contributed by atoms with van der Waals surface area (Å²) in [5.74, 6) is 0.363. The van der Waals surface area contributed by atoms with E-state index in [9.17, 15) is 9.90 Å². The molecule has 30 heavy (non-hydrogen) atoms. The minimum Gasteiger partial charge on any atom is -0.508 e. The number of carbonyl (C=O) groups excluding carboxylic acids is 1. The summed E-state index contributed by atoms with van der Waals surface area (Å²) in [6, 6.07) is 7.24. The fourth-order valence-electron chi connectivity index (χ4n) is 3.96. The van der Waals surface area contributed by atoms with Gasteiger partial charge in [-0.15, -0.1) is 0 Å². The smallest absolute Gasteiger partial charge is 0.220 e. The molecule has 172 valence electrons. The second-order valence-electron chi connectivity index (χ2n) is 8.78. The molecule has 0 bridgehead atoms. The molecule has 0 unspecified atom stereocenters. The zero-order valence-corrected chi connectivity index (χ0v) is 19.6. The number of hydrogen-bond acceptors (Lipinski definition) is 2. The second-order valence-corrected chi connectivity index (χ2v) is 8.78. The van der Waals surface area contributed by atoms with E-state index >= 15 is 0 Å². The maximum Gasteiger partial charge on any atom is 0.220 e. The van der Waals surface area contributed by atoms with Crippen molar-refractivity contribution in [3.05, 3.63) is 29.8 Å². The molecule has 3 nitrogen and oxygen atoms in total. The summed E-state index contributed by atoms with van der Waals surface area (Å²) in [5.41, 5.74) is 0.843. The Labute approximate surface area is 186 Å². The van der Waals surface area contributed by atoms with Crippen LogP contribution in [0.4, 0.5) is 0 Å². The molecule has 0 aliphatic rings. The SMILES string of the molecule is CCCCCCCCCCCCCCCCCCNC(=O)CCc1ccccc1O. The molecule has 3 heteroatoms. The van der Waals surface area contributed by atoms with Crippen LogP contribution in [0.2, 0.25) is 0 Å². The van der Waals surface area contributed by atoms with Crippen molar-refractivity contribution in [1.29, 1.82) is 0 Å². The largest absolute Gasteiger partial charge is 0.508 e. The first kappa shape index (κ1) is 26.5. The third-order valence-corrected chi connectivity index (χ3v) is 5.97. The zero-order chi connectivity index (χ0) is 21.7. The van der Waals surface area contributed by atoms with Crippen molar-refractivity contribution >= 4 is 5.91 Å². The Morgan fingerprint density at radius 1 is 0.733 bits per heavy atom. The summed E-state index contributed by atoms with van der Waals surface area (Å²) >= 11 is 0. The molecule has 1 aromatic carbocycles. The Hall–Kier alpha value is -1.51. The summed E-state index contributed by atoms with van der Waals surface area (Å²) < 4.78 is 0. The van der Waals surface area contributed by atoms with Crippen LogP contribution in [0.5, 0.6) is 5.75 Å². The molecule has 1 aromatic rings. The van der Waals surface area contributed by atoms with Gasteiger partial charge in [0.15, 0.2) is 0 Å². The molecule has 0 saturated heterocycles. The van der Waals surface area contributed by atoms with Crippen molar-refractivity contribution in [2.24, 2.45) is 0 Å². The lowest BCUT2D eigenvalue weighted by molar-refractivity contribution is -0.121. The van der Waals surface area contributed by atoms with E-state index in [-0.39, 0.29) is 11.7 Å². The van der Waals surface area contributed by atoms with Gasteiger partial charge in [-0.05, 0) is 24.5 Å². The normalized spacial score (nSPS) is 11.0. The summed E-state index contributed by atoms with van der Waals surface area (Å²) in [4.78, 5) is 11.9. The van der Waals surface area contributed by atoms with E-state index in [0.29, 0.717) is 12.8 Å². The third kappa shape index (κ3) is 15.3. The Balaban J connectivity index is 1.78. The van der Waals surface area contributed by atoms with Crippen molar-refractivity contribution in [3.63, 3.8) is 0 Å². The lowest BCUT2D eigenvalue weighted by atomic mass is 10.0. The van der Waals surface area contributed by atoms with E-state index < -0.39 is 0 Å². The van der Waals surface area contributed by atoms with Gasteiger partial charge in [-0.2, -0.15) is 0 Å². The molecule has 1 amide bonds. The number of aromatic hydroxyl groups is 1. The van der Waals surface area contributed by atoms with Gasteiger partial charge < -0.3 is 10.4 Å². The lowest BCUT2D eigenvalue weighted by Crippen LogP contribution is -2.24. The molecule has 0 atom stereocenters. The van der Waals surface area contributed by atoms with Gasteiger partial charge in [0.1, 0.15) is 5.75 Å². The number of aryl methyl sites for hydroxylation is 1. The molecule has 0 radical (unpaired) electrons. The molecular formula is C27H47NO2. The fraction of sp³-hybridized carbons (Fsp3) is 0.741. The summed E-state index contributed by atoms with van der Waals surface area (Å²) in [6.07, 6.45) is 22.9. The first-order valence-corrected chi connectivity index (χ1v) is 12.8. The highest BCUT2D eigenvalue weighted by molar-refractivity contribution is 5.76. The minimum atomic E-state index is 0.0826. The molecule has 2 N–H and O–H groups in total. The molecular weight excluding hydrogens is 370 g/mol. The van der Waals surface area contributed by atoms with Crippen LogP contribution in [-0.4, -0.2) is 17.6 Å². The molecule has 0 heterocycles. The lowest BCUT2D eigenvalue weighted by Gasteiger charge is -2.07. The van der Waals surface area contributed by atoms with Gasteiger partial charge in [-0.3, -0.25) is 4.79 Å². The highest BCUT2D eigenvalue weighted by Gasteiger charge is 2.04. The predicted molar refractivity (Wildman–Crippen MR) is 129 cm³/mol. The molecule has 0 aliphatic carbocycles. The maximum atomic E-state index is 11.9. The van der Waals surface area contributed by atoms with Crippen LogP contribution in [0.25, 0.3) is 0 Å². The van der Waals surface area contributed by atoms with Crippen LogP contribution in [0, 0.1) is 0 Å². The van der Waals surface area contributed by atoms with Gasteiger partial charge in [0, 0.05) is 13.0 Å². The number of phenols is 1. The molecule has 0 aliphatic heterocycles. The van der Waals surface area contributed by atoms with Gasteiger partial charge in [-0.25, -0.2) is 0 Å². The van der Waals surface area contributed by atoms with Crippen molar-refractivity contribution in [2.75, 3.05) is 6.54 Å². The Kier molecular flexibility index (Phi) is 17.2. The van der Waals surface area contributed by atoms with E-state index in [4.69, 9.17) is 0 Å². The molecule has 0 saturated carbocycles. The number of benzene rings is 1. The number of unbranched alkanes of at least 4 members (excludes halogenated alkanes) is 15. The molecule has 1 rings (SSSR count). The standard InChI is InChI=1S/C27H47NO2/c1-2-3-4-5-6-7-8-9-10-11-12-13-14-15-16-19-24-28-27(30)23-22-25-20-17-18-21-26(25)29/h17-18,20-21,29H,2-16,19,22-24H2,1H3,(H,28,30). The summed E-state index contributed by atoms with van der Waals surface area (Å²) in [7, 11) is 0. The van der Waals surface area contributed by atoms with E-state index in [1.54, 1.807) is 12.1 Å². The van der Waals surface area contributed by atoms with E-state index in [2.05, 4.69) is 12.2 Å². The number of amides is 1. The van der Waals surface area contributed by atoms with Crippen LogP contribution < -0.4 is 5.32 Å². The Morgan fingerprint density at radius 2 is 1.20 bits per heavy atom. The number of hydrogen-bond donors (Lipinski definition) is 2. The summed E-state index contributed by atoms with van der Waals surface area (Å²) in [5, 5.41) is 12.7. The first-order chi connectivity index (χ1) is 14.7. The van der Waals surface area contributed by atoms with E-state index in [0.717, 1.165) is 18.5 Å². The van der Waals surface area contributed by atoms with Crippen molar-refractivity contribution < 1.29 is 9.90 Å². The molecule has 0 aromatic heterocycles. The first-order valence-electron chi connectivity index (χ1n) is 12.8. The average Bonchev–Trinajstić information content (AvgIpc) is 2.75. The highest BCUT2D eigenvalue weighted by atomic mass is 16.3. The van der Waals surface area contributed by atoms with Crippen molar-refractivity contribution in [3.8, 4) is 5.75 Å². The number of carbonyl (C=O) groups is 1. The number of rotatable bonds is 20. The van der Waals surface area contributed by atoms with Crippen LogP contribution in [0.3, 0.4) is 0 Å². The monoisotopic (exact) mass is 417 g/mol. The summed E-state index contributed by atoms with van der Waals surface area (Å²) in [6.45, 7) is 3.06. The number of nitrogens with one attached hydrogen (secondary N) is 1. The minimum absolute atomic E-state index is 0.0826. The Bertz CT molecular complexity index is 529. The molecule has 0 fully saturated rings. The van der Waals surface area contributed by atoms with Gasteiger partial charge in [-0.1, -0.05) is 121 Å². The topological polar surface area (TPSA) is 49.3 Å². The predicted octanol–water partition coefficient (Wildman–Crippen LogP) is 7.70. The Morgan fingerprint density at radius 3 is 1.70 bits per heavy atom. The van der Waals surface area contributed by atoms with E-state index in [1.807, 2.05) is 12.1 Å². The van der Waals surface area contributed by atoms with Gasteiger partial charge in [0.2, 0.25) is 5.91 Å². The van der Waals surface area contributed by atoms with Gasteiger partial charge >= 0.3 is 0 Å². The van der Waals surface area contributed by atoms with Crippen LogP contribution in [-0.2, 0) is 11.2 Å². The average molecular weight is 418 g/mol. The van der Waals surface area contributed by atoms with Crippen LogP contribution in [0.1, 0.15) is 122 Å². The van der Waals surface area contributed by atoms with Gasteiger partial charge in [0.25, 0.3) is 0 Å². The maximum absolute atomic E-state index is 11.9. The van der Waals surface area contributed by atoms with Crippen LogP contribution >= 0.6 is 0 Å². The highest BCUT2D eigenvalue weighted by Crippen LogP contribution is 2.17. The van der Waals surface area contributed by atoms with Crippen molar-refractivity contribution in [1.82, 2.24) is 5.32 Å². The quantitative estimate of drug-likeness (QED) is 0.213. The third-order valence-electron chi connectivity index (χ3n) is 5.97.